The molecule has 0 aliphatic carbocycles. The molecule has 1 aromatic carbocycles. The van der Waals surface area contributed by atoms with Crippen molar-refractivity contribution in [2.45, 2.75) is 25.8 Å². The van der Waals surface area contributed by atoms with Gasteiger partial charge in [0.15, 0.2) is 0 Å². The molecule has 2 aromatic rings. The van der Waals surface area contributed by atoms with Crippen LogP contribution in [0.4, 0.5) is 0 Å². The molecular formula is C16H19ClN2. The normalized spacial score (nSPS) is 12.4. The zero-order chi connectivity index (χ0) is 13.7. The van der Waals surface area contributed by atoms with Gasteiger partial charge in [0.25, 0.3) is 0 Å². The largest absolute Gasteiger partial charge is 0.316 e. The predicted molar refractivity (Wildman–Crippen MR) is 80.7 cm³/mol. The van der Waals surface area contributed by atoms with Gasteiger partial charge < -0.3 is 5.32 Å². The molecule has 1 aromatic heterocycles. The van der Waals surface area contributed by atoms with Crippen LogP contribution in [-0.4, -0.2) is 18.1 Å². The highest BCUT2D eigenvalue weighted by molar-refractivity contribution is 6.31. The fourth-order valence-corrected chi connectivity index (χ4v) is 2.48. The number of likely N-dealkylation sites (N-methyl/N-ethyl adjacent to an activating group) is 1. The third kappa shape index (κ3) is 4.05. The summed E-state index contributed by atoms with van der Waals surface area (Å²) >= 11 is 6.29. The van der Waals surface area contributed by atoms with E-state index in [1.807, 2.05) is 25.4 Å². The molecule has 1 heterocycles. The van der Waals surface area contributed by atoms with Gasteiger partial charge in [-0.3, -0.25) is 4.98 Å². The van der Waals surface area contributed by atoms with E-state index in [4.69, 9.17) is 11.6 Å². The van der Waals surface area contributed by atoms with Crippen molar-refractivity contribution < 1.29 is 0 Å². The molecule has 0 saturated heterocycles. The van der Waals surface area contributed by atoms with E-state index < -0.39 is 0 Å². The Hall–Kier alpha value is -1.38. The van der Waals surface area contributed by atoms with E-state index in [2.05, 4.69) is 35.4 Å². The third-order valence-corrected chi connectivity index (χ3v) is 3.64. The predicted octanol–water partition coefficient (Wildman–Crippen LogP) is 3.42. The fraction of sp³-hybridized carbons (Fsp3) is 0.312. The van der Waals surface area contributed by atoms with Crippen LogP contribution in [0.3, 0.4) is 0 Å². The van der Waals surface area contributed by atoms with E-state index in [1.165, 1.54) is 16.7 Å². The molecule has 1 N–H and O–H groups in total. The minimum atomic E-state index is 0.365. The van der Waals surface area contributed by atoms with Gasteiger partial charge in [0.2, 0.25) is 0 Å². The smallest absolute Gasteiger partial charge is 0.0441 e. The van der Waals surface area contributed by atoms with Crippen LogP contribution in [0.2, 0.25) is 5.02 Å². The monoisotopic (exact) mass is 274 g/mol. The summed E-state index contributed by atoms with van der Waals surface area (Å²) in [6, 6.07) is 10.7. The second-order valence-electron chi connectivity index (χ2n) is 4.85. The van der Waals surface area contributed by atoms with Crippen LogP contribution < -0.4 is 5.32 Å². The highest BCUT2D eigenvalue weighted by Crippen LogP contribution is 2.20. The lowest BCUT2D eigenvalue weighted by molar-refractivity contribution is 0.556. The summed E-state index contributed by atoms with van der Waals surface area (Å²) in [7, 11) is 1.99. The lowest BCUT2D eigenvalue weighted by Gasteiger charge is -2.17. The molecule has 0 bridgehead atoms. The molecule has 0 radical (unpaired) electrons. The van der Waals surface area contributed by atoms with Crippen molar-refractivity contribution >= 4 is 11.6 Å². The van der Waals surface area contributed by atoms with E-state index in [0.717, 1.165) is 17.9 Å². The molecule has 1 unspecified atom stereocenters. The summed E-state index contributed by atoms with van der Waals surface area (Å²) in [6.45, 7) is 2.06. The van der Waals surface area contributed by atoms with Crippen molar-refractivity contribution in [3.05, 3.63) is 64.4 Å². The zero-order valence-corrected chi connectivity index (χ0v) is 12.1. The van der Waals surface area contributed by atoms with Crippen molar-refractivity contribution in [1.29, 1.82) is 0 Å². The Bertz CT molecular complexity index is 526. The van der Waals surface area contributed by atoms with Crippen molar-refractivity contribution in [2.24, 2.45) is 0 Å². The van der Waals surface area contributed by atoms with E-state index in [1.54, 1.807) is 6.20 Å². The van der Waals surface area contributed by atoms with Crippen molar-refractivity contribution in [3.63, 3.8) is 0 Å². The molecule has 0 aliphatic rings. The third-order valence-electron chi connectivity index (χ3n) is 3.29. The number of aryl methyl sites for hydroxylation is 1. The first-order valence-electron chi connectivity index (χ1n) is 6.50. The Morgan fingerprint density at radius 1 is 1.26 bits per heavy atom. The number of hydrogen-bond acceptors (Lipinski definition) is 2. The summed E-state index contributed by atoms with van der Waals surface area (Å²) in [5, 5.41) is 4.21. The van der Waals surface area contributed by atoms with Gasteiger partial charge in [-0.15, -0.1) is 0 Å². The minimum absolute atomic E-state index is 0.365. The fourth-order valence-electron chi connectivity index (χ4n) is 2.16. The molecule has 100 valence electrons. The summed E-state index contributed by atoms with van der Waals surface area (Å²) in [5.74, 6) is 0. The molecule has 0 spiro atoms. The maximum atomic E-state index is 6.29. The summed E-state index contributed by atoms with van der Waals surface area (Å²) < 4.78 is 0. The Morgan fingerprint density at radius 2 is 2.11 bits per heavy atom. The van der Waals surface area contributed by atoms with Crippen LogP contribution in [0, 0.1) is 6.92 Å². The van der Waals surface area contributed by atoms with Crippen molar-refractivity contribution in [3.8, 4) is 0 Å². The summed E-state index contributed by atoms with van der Waals surface area (Å²) in [6.07, 6.45) is 5.59. The maximum absolute atomic E-state index is 6.29. The highest BCUT2D eigenvalue weighted by Gasteiger charge is 2.11. The molecule has 2 nitrogen and oxygen atoms in total. The molecule has 0 saturated carbocycles. The molecule has 1 atom stereocenters. The Kier molecular flexibility index (Phi) is 4.94. The van der Waals surface area contributed by atoms with E-state index in [9.17, 15) is 0 Å². The average Bonchev–Trinajstić information content (AvgIpc) is 2.42. The van der Waals surface area contributed by atoms with Crippen LogP contribution in [0.15, 0.2) is 42.7 Å². The van der Waals surface area contributed by atoms with E-state index in [-0.39, 0.29) is 0 Å². The van der Waals surface area contributed by atoms with Gasteiger partial charge in [-0.25, -0.2) is 0 Å². The van der Waals surface area contributed by atoms with Crippen LogP contribution >= 0.6 is 11.6 Å². The lowest BCUT2D eigenvalue weighted by Crippen LogP contribution is -2.30. The van der Waals surface area contributed by atoms with Gasteiger partial charge in [-0.2, -0.15) is 0 Å². The molecule has 0 amide bonds. The van der Waals surface area contributed by atoms with Crippen LogP contribution in [0.5, 0.6) is 0 Å². The number of pyridine rings is 1. The average molecular weight is 275 g/mol. The SMILES string of the molecule is CNC(Cc1cccnc1)Cc1ccc(C)cc1Cl. The Balaban J connectivity index is 2.06. The first-order chi connectivity index (χ1) is 9.19. The number of benzene rings is 1. The second-order valence-corrected chi connectivity index (χ2v) is 5.26. The molecular weight excluding hydrogens is 256 g/mol. The minimum Gasteiger partial charge on any atom is -0.316 e. The molecule has 2 rings (SSSR count). The van der Waals surface area contributed by atoms with E-state index >= 15 is 0 Å². The zero-order valence-electron chi connectivity index (χ0n) is 11.4. The quantitative estimate of drug-likeness (QED) is 0.904. The maximum Gasteiger partial charge on any atom is 0.0441 e. The van der Waals surface area contributed by atoms with Gasteiger partial charge in [0, 0.05) is 23.5 Å². The molecule has 0 fully saturated rings. The standard InChI is InChI=1S/C16H19ClN2/c1-12-5-6-14(16(17)8-12)10-15(18-2)9-13-4-3-7-19-11-13/h3-8,11,15,18H,9-10H2,1-2H3. The first-order valence-corrected chi connectivity index (χ1v) is 6.88. The summed E-state index contributed by atoms with van der Waals surface area (Å²) in [4.78, 5) is 4.15. The highest BCUT2D eigenvalue weighted by atomic mass is 35.5. The molecule has 0 aliphatic heterocycles. The molecule has 19 heavy (non-hydrogen) atoms. The van der Waals surface area contributed by atoms with Gasteiger partial charge in [0.1, 0.15) is 0 Å². The number of nitrogens with zero attached hydrogens (tertiary/aromatic N) is 1. The number of rotatable bonds is 5. The number of nitrogens with one attached hydrogen (secondary N) is 1. The lowest BCUT2D eigenvalue weighted by atomic mass is 9.99. The number of halogens is 1. The van der Waals surface area contributed by atoms with Crippen LogP contribution in [0.25, 0.3) is 0 Å². The van der Waals surface area contributed by atoms with E-state index in [0.29, 0.717) is 6.04 Å². The number of aromatic nitrogens is 1. The topological polar surface area (TPSA) is 24.9 Å². The van der Waals surface area contributed by atoms with Crippen LogP contribution in [0.1, 0.15) is 16.7 Å². The first kappa shape index (κ1) is 14.0. The molecule has 3 heteroatoms. The van der Waals surface area contributed by atoms with Gasteiger partial charge >= 0.3 is 0 Å². The van der Waals surface area contributed by atoms with Crippen LogP contribution in [-0.2, 0) is 12.8 Å². The van der Waals surface area contributed by atoms with Gasteiger partial charge in [0.05, 0.1) is 0 Å². The van der Waals surface area contributed by atoms with Crippen molar-refractivity contribution in [2.75, 3.05) is 7.05 Å². The number of hydrogen-bond donors (Lipinski definition) is 1. The van der Waals surface area contributed by atoms with Gasteiger partial charge in [-0.1, -0.05) is 29.8 Å². The Labute approximate surface area is 119 Å². The van der Waals surface area contributed by atoms with Gasteiger partial charge in [-0.05, 0) is 55.6 Å². The Morgan fingerprint density at radius 3 is 2.74 bits per heavy atom. The van der Waals surface area contributed by atoms with Crippen molar-refractivity contribution in [1.82, 2.24) is 10.3 Å². The second kappa shape index (κ2) is 6.69. The summed E-state index contributed by atoms with van der Waals surface area (Å²) in [5.41, 5.74) is 3.63.